The lowest BCUT2D eigenvalue weighted by molar-refractivity contribution is 0.581. The molecule has 108 valence electrons. The zero-order chi connectivity index (χ0) is 14.7. The second-order valence-electron chi connectivity index (χ2n) is 4.81. The molecule has 0 bridgehead atoms. The van der Waals surface area contributed by atoms with Gasteiger partial charge in [0.05, 0.1) is 21.5 Å². The van der Waals surface area contributed by atoms with E-state index in [2.05, 4.69) is 33.3 Å². The Morgan fingerprint density at radius 1 is 1.35 bits per heavy atom. The maximum Gasteiger partial charge on any atom is 0.129 e. The number of halogens is 2. The molecule has 0 aliphatic rings. The van der Waals surface area contributed by atoms with Crippen LogP contribution in [-0.2, 0) is 6.54 Å². The molecule has 0 aliphatic carbocycles. The van der Waals surface area contributed by atoms with E-state index in [-0.39, 0.29) is 5.82 Å². The summed E-state index contributed by atoms with van der Waals surface area (Å²) in [6, 6.07) is 5.11. The van der Waals surface area contributed by atoms with Gasteiger partial charge in [-0.15, -0.1) is 0 Å². The standard InChI is InChI=1S/C15H19BrFN3/c1-4-8-18-9-12-13(17)6-5-7-14(12)20-11(3)15(16)10(2)19-20/h5-7,18H,4,8-9H2,1-3H3. The molecule has 0 atom stereocenters. The van der Waals surface area contributed by atoms with Crippen LogP contribution in [0.4, 0.5) is 4.39 Å². The number of nitrogens with zero attached hydrogens (tertiary/aromatic N) is 2. The summed E-state index contributed by atoms with van der Waals surface area (Å²) in [4.78, 5) is 0. The minimum absolute atomic E-state index is 0.199. The van der Waals surface area contributed by atoms with Crippen LogP contribution in [0.15, 0.2) is 22.7 Å². The molecule has 1 heterocycles. The number of hydrogen-bond acceptors (Lipinski definition) is 2. The first-order valence-electron chi connectivity index (χ1n) is 6.76. The fourth-order valence-electron chi connectivity index (χ4n) is 2.17. The summed E-state index contributed by atoms with van der Waals surface area (Å²) in [7, 11) is 0. The van der Waals surface area contributed by atoms with Crippen molar-refractivity contribution in [2.45, 2.75) is 33.7 Å². The summed E-state index contributed by atoms with van der Waals surface area (Å²) in [5, 5.41) is 7.74. The van der Waals surface area contributed by atoms with Crippen LogP contribution in [0.3, 0.4) is 0 Å². The third-order valence-electron chi connectivity index (χ3n) is 3.25. The summed E-state index contributed by atoms with van der Waals surface area (Å²) in [6.07, 6.45) is 1.02. The van der Waals surface area contributed by atoms with Gasteiger partial charge in [0, 0.05) is 12.1 Å². The Hall–Kier alpha value is -1.20. The Kier molecular flexibility index (Phi) is 4.94. The first-order valence-corrected chi connectivity index (χ1v) is 7.55. The van der Waals surface area contributed by atoms with E-state index < -0.39 is 0 Å². The molecule has 2 aromatic rings. The molecule has 20 heavy (non-hydrogen) atoms. The van der Waals surface area contributed by atoms with Crippen LogP contribution >= 0.6 is 15.9 Å². The number of benzene rings is 1. The van der Waals surface area contributed by atoms with Gasteiger partial charge in [-0.25, -0.2) is 9.07 Å². The van der Waals surface area contributed by atoms with E-state index in [1.54, 1.807) is 10.7 Å². The second-order valence-corrected chi connectivity index (χ2v) is 5.60. The van der Waals surface area contributed by atoms with Crippen molar-refractivity contribution in [2.75, 3.05) is 6.54 Å². The van der Waals surface area contributed by atoms with Crippen LogP contribution in [-0.4, -0.2) is 16.3 Å². The molecule has 1 N–H and O–H groups in total. The van der Waals surface area contributed by atoms with Gasteiger partial charge in [-0.05, 0) is 54.9 Å². The maximum absolute atomic E-state index is 14.1. The van der Waals surface area contributed by atoms with E-state index in [1.807, 2.05) is 19.9 Å². The summed E-state index contributed by atoms with van der Waals surface area (Å²) in [6.45, 7) is 7.37. The van der Waals surface area contributed by atoms with E-state index in [1.165, 1.54) is 6.07 Å². The van der Waals surface area contributed by atoms with Crippen molar-refractivity contribution < 1.29 is 4.39 Å². The largest absolute Gasteiger partial charge is 0.312 e. The van der Waals surface area contributed by atoms with Crippen LogP contribution in [0.2, 0.25) is 0 Å². The Labute approximate surface area is 127 Å². The number of aromatic nitrogens is 2. The number of nitrogens with one attached hydrogen (secondary N) is 1. The molecule has 0 fully saturated rings. The molecule has 1 aromatic heterocycles. The lowest BCUT2D eigenvalue weighted by Crippen LogP contribution is -2.17. The highest BCUT2D eigenvalue weighted by atomic mass is 79.9. The summed E-state index contributed by atoms with van der Waals surface area (Å²) in [5.41, 5.74) is 3.32. The fraction of sp³-hybridized carbons (Fsp3) is 0.400. The van der Waals surface area contributed by atoms with Crippen molar-refractivity contribution >= 4 is 15.9 Å². The van der Waals surface area contributed by atoms with Gasteiger partial charge in [0.15, 0.2) is 0 Å². The second kappa shape index (κ2) is 6.50. The van der Waals surface area contributed by atoms with Gasteiger partial charge in [-0.1, -0.05) is 13.0 Å². The van der Waals surface area contributed by atoms with Crippen molar-refractivity contribution in [1.82, 2.24) is 15.1 Å². The van der Waals surface area contributed by atoms with Gasteiger partial charge in [0.25, 0.3) is 0 Å². The Morgan fingerprint density at radius 2 is 2.10 bits per heavy atom. The van der Waals surface area contributed by atoms with E-state index >= 15 is 0 Å². The lowest BCUT2D eigenvalue weighted by atomic mass is 10.1. The molecule has 5 heteroatoms. The highest BCUT2D eigenvalue weighted by Gasteiger charge is 2.15. The van der Waals surface area contributed by atoms with E-state index in [4.69, 9.17) is 0 Å². The topological polar surface area (TPSA) is 29.9 Å². The third-order valence-corrected chi connectivity index (χ3v) is 4.40. The molecule has 0 spiro atoms. The molecule has 0 aliphatic heterocycles. The number of aryl methyl sites for hydroxylation is 1. The van der Waals surface area contributed by atoms with Gasteiger partial charge >= 0.3 is 0 Å². The minimum atomic E-state index is -0.199. The summed E-state index contributed by atoms with van der Waals surface area (Å²) >= 11 is 3.51. The molecule has 0 amide bonds. The van der Waals surface area contributed by atoms with Crippen LogP contribution in [0.5, 0.6) is 0 Å². The van der Waals surface area contributed by atoms with Gasteiger partial charge in [-0.2, -0.15) is 5.10 Å². The van der Waals surface area contributed by atoms with Crippen molar-refractivity contribution in [2.24, 2.45) is 0 Å². The van der Waals surface area contributed by atoms with Crippen LogP contribution in [0, 0.1) is 19.7 Å². The highest BCUT2D eigenvalue weighted by molar-refractivity contribution is 9.10. The van der Waals surface area contributed by atoms with Crippen molar-refractivity contribution in [3.05, 3.63) is 45.4 Å². The fourth-order valence-corrected chi connectivity index (χ4v) is 2.42. The van der Waals surface area contributed by atoms with Crippen LogP contribution in [0.25, 0.3) is 5.69 Å². The molecule has 2 rings (SSSR count). The predicted octanol–water partition coefficient (Wildman–Crippen LogP) is 3.89. The molecule has 0 saturated heterocycles. The van der Waals surface area contributed by atoms with E-state index in [0.29, 0.717) is 12.1 Å². The molecule has 0 radical (unpaired) electrons. The lowest BCUT2D eigenvalue weighted by Gasteiger charge is -2.13. The smallest absolute Gasteiger partial charge is 0.129 e. The third kappa shape index (κ3) is 2.94. The van der Waals surface area contributed by atoms with Gasteiger partial charge in [-0.3, -0.25) is 0 Å². The summed E-state index contributed by atoms with van der Waals surface area (Å²) < 4.78 is 16.9. The minimum Gasteiger partial charge on any atom is -0.312 e. The average Bonchev–Trinajstić information content (AvgIpc) is 2.68. The predicted molar refractivity (Wildman–Crippen MR) is 82.7 cm³/mol. The highest BCUT2D eigenvalue weighted by Crippen LogP contribution is 2.25. The average molecular weight is 340 g/mol. The Balaban J connectivity index is 2.45. The first kappa shape index (κ1) is 15.2. The van der Waals surface area contributed by atoms with Crippen LogP contribution in [0.1, 0.15) is 30.3 Å². The van der Waals surface area contributed by atoms with Crippen molar-refractivity contribution in [3.8, 4) is 5.69 Å². The van der Waals surface area contributed by atoms with E-state index in [0.717, 1.165) is 34.5 Å². The molecule has 3 nitrogen and oxygen atoms in total. The SMILES string of the molecule is CCCNCc1c(F)cccc1-n1nc(C)c(Br)c1C. The molecule has 0 unspecified atom stereocenters. The quantitative estimate of drug-likeness (QED) is 0.837. The summed E-state index contributed by atoms with van der Waals surface area (Å²) in [5.74, 6) is -0.199. The van der Waals surface area contributed by atoms with Crippen molar-refractivity contribution in [3.63, 3.8) is 0 Å². The normalized spacial score (nSPS) is 11.1. The molecule has 1 aromatic carbocycles. The van der Waals surface area contributed by atoms with Crippen molar-refractivity contribution in [1.29, 1.82) is 0 Å². The van der Waals surface area contributed by atoms with E-state index in [9.17, 15) is 4.39 Å². The Bertz CT molecular complexity index is 607. The molecular formula is C15H19BrFN3. The Morgan fingerprint density at radius 3 is 2.70 bits per heavy atom. The maximum atomic E-state index is 14.1. The van der Waals surface area contributed by atoms with Gasteiger partial charge in [0.1, 0.15) is 5.82 Å². The van der Waals surface area contributed by atoms with Gasteiger partial charge in [0.2, 0.25) is 0 Å². The van der Waals surface area contributed by atoms with Crippen LogP contribution < -0.4 is 5.32 Å². The zero-order valence-electron chi connectivity index (χ0n) is 12.0. The molecule has 0 saturated carbocycles. The zero-order valence-corrected chi connectivity index (χ0v) is 13.6. The first-order chi connectivity index (χ1) is 9.56. The number of hydrogen-bond donors (Lipinski definition) is 1. The van der Waals surface area contributed by atoms with Gasteiger partial charge < -0.3 is 5.32 Å². The molecular weight excluding hydrogens is 321 g/mol. The number of rotatable bonds is 5. The monoisotopic (exact) mass is 339 g/mol.